The van der Waals surface area contributed by atoms with Gasteiger partial charge in [-0.25, -0.2) is 4.99 Å². The molecule has 0 atom stereocenters. The molecule has 0 aromatic heterocycles. The van der Waals surface area contributed by atoms with Gasteiger partial charge in [-0.2, -0.15) is 0 Å². The summed E-state index contributed by atoms with van der Waals surface area (Å²) in [5.41, 5.74) is 14.8. The Morgan fingerprint density at radius 3 is 2.80 bits per heavy atom. The molecule has 1 aliphatic rings. The minimum atomic E-state index is 0.167. The molecule has 1 aromatic rings. The highest BCUT2D eigenvalue weighted by molar-refractivity contribution is 6.52. The van der Waals surface area contributed by atoms with Crippen LogP contribution in [0.15, 0.2) is 51.9 Å². The number of nitrogens with zero attached hydrogens (tertiary/aromatic N) is 2. The summed E-state index contributed by atoms with van der Waals surface area (Å²) in [6.45, 7) is 4.09. The van der Waals surface area contributed by atoms with E-state index in [9.17, 15) is 5.11 Å². The van der Waals surface area contributed by atoms with Gasteiger partial charge in [0.05, 0.1) is 18.0 Å². The van der Waals surface area contributed by atoms with Crippen LogP contribution >= 0.6 is 0 Å². The van der Waals surface area contributed by atoms with E-state index in [1.807, 2.05) is 19.1 Å². The lowest BCUT2D eigenvalue weighted by Gasteiger charge is -2.09. The van der Waals surface area contributed by atoms with Crippen LogP contribution < -0.4 is 11.5 Å². The summed E-state index contributed by atoms with van der Waals surface area (Å²) in [4.78, 5) is 8.73. The van der Waals surface area contributed by atoms with Gasteiger partial charge >= 0.3 is 0 Å². The number of aryl methyl sites for hydroxylation is 1. The normalized spacial score (nSPS) is 16.1. The Morgan fingerprint density at radius 2 is 2.15 bits per heavy atom. The quantitative estimate of drug-likeness (QED) is 0.761. The van der Waals surface area contributed by atoms with Crippen LogP contribution in [0.1, 0.15) is 18.1 Å². The number of benzene rings is 1. The monoisotopic (exact) mass is 270 g/mol. The number of aromatic hydroxyl groups is 1. The van der Waals surface area contributed by atoms with Gasteiger partial charge in [0.2, 0.25) is 0 Å². The van der Waals surface area contributed by atoms with Crippen molar-refractivity contribution >= 4 is 11.4 Å². The highest BCUT2D eigenvalue weighted by Crippen LogP contribution is 2.21. The predicted molar refractivity (Wildman–Crippen MR) is 81.9 cm³/mol. The minimum absolute atomic E-state index is 0.167. The fourth-order valence-corrected chi connectivity index (χ4v) is 1.93. The van der Waals surface area contributed by atoms with Crippen molar-refractivity contribution < 1.29 is 5.11 Å². The van der Waals surface area contributed by atoms with Gasteiger partial charge in [0.1, 0.15) is 11.6 Å². The third-order valence-corrected chi connectivity index (χ3v) is 2.81. The number of hydrogen-bond donors (Lipinski definition) is 3. The van der Waals surface area contributed by atoms with Gasteiger partial charge in [-0.05, 0) is 43.7 Å². The standard InChI is InChI=1S/C15H18N4O/c1-9-3-4-11(13(20)7-9)15-12(8-10(2)16)19-14(17)5-6-18-15/h3-5,7-8,20H,6,16-17H2,1-2H3/b10-8-. The molecule has 5 N–H and O–H groups in total. The predicted octanol–water partition coefficient (Wildman–Crippen LogP) is 1.61. The van der Waals surface area contributed by atoms with Crippen molar-refractivity contribution in [3.63, 3.8) is 0 Å². The van der Waals surface area contributed by atoms with Crippen LogP contribution in [0.4, 0.5) is 0 Å². The van der Waals surface area contributed by atoms with Gasteiger partial charge in [-0.3, -0.25) is 4.99 Å². The first-order valence-electron chi connectivity index (χ1n) is 6.30. The lowest BCUT2D eigenvalue weighted by atomic mass is 10.0. The van der Waals surface area contributed by atoms with Crippen LogP contribution in [0.5, 0.6) is 5.75 Å². The Morgan fingerprint density at radius 1 is 1.40 bits per heavy atom. The number of rotatable bonds is 2. The smallest absolute Gasteiger partial charge is 0.125 e. The maximum absolute atomic E-state index is 10.1. The molecule has 1 heterocycles. The lowest BCUT2D eigenvalue weighted by Crippen LogP contribution is -2.16. The summed E-state index contributed by atoms with van der Waals surface area (Å²) < 4.78 is 0. The van der Waals surface area contributed by atoms with Crippen LogP contribution in [0.25, 0.3) is 0 Å². The minimum Gasteiger partial charge on any atom is -0.507 e. The lowest BCUT2D eigenvalue weighted by molar-refractivity contribution is 0.474. The van der Waals surface area contributed by atoms with Crippen molar-refractivity contribution in [1.82, 2.24) is 0 Å². The maximum Gasteiger partial charge on any atom is 0.125 e. The molecule has 104 valence electrons. The molecule has 0 bridgehead atoms. The van der Waals surface area contributed by atoms with Crippen molar-refractivity contribution in [3.8, 4) is 5.75 Å². The summed E-state index contributed by atoms with van der Waals surface area (Å²) in [6.07, 6.45) is 3.42. The summed E-state index contributed by atoms with van der Waals surface area (Å²) in [5, 5.41) is 10.1. The molecule has 0 saturated carbocycles. The van der Waals surface area contributed by atoms with E-state index in [0.717, 1.165) is 5.56 Å². The van der Waals surface area contributed by atoms with E-state index >= 15 is 0 Å². The van der Waals surface area contributed by atoms with Crippen molar-refractivity contribution in [1.29, 1.82) is 0 Å². The molecule has 5 heteroatoms. The van der Waals surface area contributed by atoms with Gasteiger partial charge in [0.25, 0.3) is 0 Å². The Kier molecular flexibility index (Phi) is 3.89. The maximum atomic E-state index is 10.1. The zero-order valence-electron chi connectivity index (χ0n) is 11.6. The zero-order valence-corrected chi connectivity index (χ0v) is 11.6. The summed E-state index contributed by atoms with van der Waals surface area (Å²) in [7, 11) is 0. The number of hydrogen-bond acceptors (Lipinski definition) is 5. The van der Waals surface area contributed by atoms with Crippen molar-refractivity contribution in [2.45, 2.75) is 13.8 Å². The molecule has 0 fully saturated rings. The zero-order chi connectivity index (χ0) is 14.7. The average molecular weight is 270 g/mol. The van der Waals surface area contributed by atoms with Gasteiger partial charge in [0.15, 0.2) is 0 Å². The Balaban J connectivity index is 2.55. The van der Waals surface area contributed by atoms with E-state index in [2.05, 4.69) is 9.98 Å². The largest absolute Gasteiger partial charge is 0.507 e. The van der Waals surface area contributed by atoms with Gasteiger partial charge in [-0.15, -0.1) is 0 Å². The summed E-state index contributed by atoms with van der Waals surface area (Å²) >= 11 is 0. The Bertz CT molecular complexity index is 650. The molecule has 0 spiro atoms. The first-order chi connectivity index (χ1) is 9.47. The molecule has 2 rings (SSSR count). The van der Waals surface area contributed by atoms with Crippen LogP contribution in [0.3, 0.4) is 0 Å². The van der Waals surface area contributed by atoms with Crippen LogP contribution in [0, 0.1) is 6.92 Å². The van der Waals surface area contributed by atoms with Crippen LogP contribution in [-0.2, 0) is 0 Å². The van der Waals surface area contributed by atoms with Crippen molar-refractivity contribution in [2.24, 2.45) is 21.5 Å². The molecule has 0 saturated heterocycles. The molecule has 0 unspecified atom stereocenters. The number of allylic oxidation sites excluding steroid dienone is 2. The van der Waals surface area contributed by atoms with E-state index in [0.29, 0.717) is 35.0 Å². The Hall–Kier alpha value is -2.56. The number of aliphatic imine (C=N–C) groups is 2. The first-order valence-corrected chi connectivity index (χ1v) is 6.30. The first kappa shape index (κ1) is 13.9. The second-order valence-corrected chi connectivity index (χ2v) is 4.72. The molecular weight excluding hydrogens is 252 g/mol. The van der Waals surface area contributed by atoms with E-state index < -0.39 is 0 Å². The molecule has 5 nitrogen and oxygen atoms in total. The molecule has 0 radical (unpaired) electrons. The molecule has 0 aliphatic carbocycles. The third-order valence-electron chi connectivity index (χ3n) is 2.81. The molecule has 1 aromatic carbocycles. The Labute approximate surface area is 118 Å². The van der Waals surface area contributed by atoms with E-state index in [-0.39, 0.29) is 5.75 Å². The van der Waals surface area contributed by atoms with Crippen LogP contribution in [0.2, 0.25) is 0 Å². The highest BCUT2D eigenvalue weighted by atomic mass is 16.3. The highest BCUT2D eigenvalue weighted by Gasteiger charge is 2.16. The SMILES string of the molecule is C/C(N)=C/C1=NC(N)=CCN=C1c1ccc(C)cc1O. The molecule has 0 amide bonds. The second kappa shape index (κ2) is 5.61. The number of phenols is 1. The van der Waals surface area contributed by atoms with Gasteiger partial charge in [0, 0.05) is 11.3 Å². The van der Waals surface area contributed by atoms with Crippen LogP contribution in [-0.4, -0.2) is 23.1 Å². The van der Waals surface area contributed by atoms with Crippen molar-refractivity contribution in [2.75, 3.05) is 6.54 Å². The summed E-state index contributed by atoms with van der Waals surface area (Å²) in [5.74, 6) is 0.558. The fourth-order valence-electron chi connectivity index (χ4n) is 1.93. The molecule has 1 aliphatic heterocycles. The second-order valence-electron chi connectivity index (χ2n) is 4.72. The van der Waals surface area contributed by atoms with Crippen molar-refractivity contribution in [3.05, 3.63) is 53.0 Å². The third kappa shape index (κ3) is 3.06. The van der Waals surface area contributed by atoms with E-state index in [1.165, 1.54) is 0 Å². The van der Waals surface area contributed by atoms with E-state index in [4.69, 9.17) is 11.5 Å². The fraction of sp³-hybridized carbons (Fsp3) is 0.200. The van der Waals surface area contributed by atoms with Gasteiger partial charge < -0.3 is 16.6 Å². The van der Waals surface area contributed by atoms with Gasteiger partial charge in [-0.1, -0.05) is 6.07 Å². The summed E-state index contributed by atoms with van der Waals surface area (Å²) in [6, 6.07) is 5.42. The number of phenolic OH excluding ortho intramolecular Hbond substituents is 1. The van der Waals surface area contributed by atoms with E-state index in [1.54, 1.807) is 25.1 Å². The number of nitrogens with two attached hydrogens (primary N) is 2. The molecular formula is C15H18N4O. The average Bonchev–Trinajstić information content (AvgIpc) is 2.50. The topological polar surface area (TPSA) is 97.0 Å². The molecule has 20 heavy (non-hydrogen) atoms.